The number of carboxylic acid groups (broad SMARTS) is 2. The maximum absolute atomic E-state index is 11.8. The van der Waals surface area contributed by atoms with Gasteiger partial charge in [-0.2, -0.15) is 0 Å². The Morgan fingerprint density at radius 3 is 2.42 bits per heavy atom. The topological polar surface area (TPSA) is 131 Å². The van der Waals surface area contributed by atoms with Gasteiger partial charge < -0.3 is 24.8 Å². The van der Waals surface area contributed by atoms with Crippen LogP contribution >= 0.6 is 0 Å². The Hall–Kier alpha value is -3.10. The van der Waals surface area contributed by atoms with Gasteiger partial charge in [-0.1, -0.05) is 0 Å². The van der Waals surface area contributed by atoms with Crippen LogP contribution in [0.2, 0.25) is 0 Å². The minimum absolute atomic E-state index is 0.0477. The Bertz CT molecular complexity index is 865. The fourth-order valence-electron chi connectivity index (χ4n) is 2.46. The van der Waals surface area contributed by atoms with Gasteiger partial charge in [0.25, 0.3) is 0 Å². The summed E-state index contributed by atoms with van der Waals surface area (Å²) in [6.07, 6.45) is -0.628. The molecule has 0 saturated heterocycles. The van der Waals surface area contributed by atoms with Crippen molar-refractivity contribution in [1.82, 2.24) is 14.9 Å². The van der Waals surface area contributed by atoms with Gasteiger partial charge in [0.05, 0.1) is 6.04 Å². The highest BCUT2D eigenvalue weighted by Gasteiger charge is 2.22. The fourth-order valence-corrected chi connectivity index (χ4v) is 2.46. The van der Waals surface area contributed by atoms with E-state index in [2.05, 4.69) is 10.3 Å². The van der Waals surface area contributed by atoms with Gasteiger partial charge in [-0.25, -0.2) is 19.4 Å². The number of alkyl carbamates (subject to hydrolysis) is 1. The van der Waals surface area contributed by atoms with Crippen LogP contribution < -0.4 is 5.32 Å². The Morgan fingerprint density at radius 1 is 1.23 bits per heavy atom. The molecule has 0 aliphatic heterocycles. The molecule has 2 aromatic rings. The summed E-state index contributed by atoms with van der Waals surface area (Å²) in [7, 11) is 0. The van der Waals surface area contributed by atoms with Crippen molar-refractivity contribution in [3.05, 3.63) is 29.6 Å². The number of hydrogen-bond acceptors (Lipinski definition) is 5. The van der Waals surface area contributed by atoms with Crippen LogP contribution in [0.3, 0.4) is 0 Å². The van der Waals surface area contributed by atoms with Gasteiger partial charge >= 0.3 is 18.0 Å². The van der Waals surface area contributed by atoms with Crippen LogP contribution in [0.25, 0.3) is 11.0 Å². The second kappa shape index (κ2) is 7.03. The zero-order valence-electron chi connectivity index (χ0n) is 14.9. The lowest BCUT2D eigenvalue weighted by molar-refractivity contribution is 0.0521. The monoisotopic (exact) mass is 363 g/mol. The second-order valence-corrected chi connectivity index (χ2v) is 6.85. The van der Waals surface area contributed by atoms with Crippen molar-refractivity contribution >= 4 is 29.1 Å². The van der Waals surface area contributed by atoms with Crippen molar-refractivity contribution in [3.63, 3.8) is 0 Å². The minimum Gasteiger partial charge on any atom is -0.477 e. The summed E-state index contributed by atoms with van der Waals surface area (Å²) in [5.74, 6) is -2.39. The number of carbonyl (C=O) groups excluding carboxylic acids is 1. The zero-order chi connectivity index (χ0) is 19.6. The van der Waals surface area contributed by atoms with Crippen LogP contribution in [0.15, 0.2) is 18.2 Å². The molecule has 1 atom stereocenters. The summed E-state index contributed by atoms with van der Waals surface area (Å²) in [5, 5.41) is 21.6. The number of rotatable bonds is 5. The van der Waals surface area contributed by atoms with E-state index >= 15 is 0 Å². The smallest absolute Gasteiger partial charge is 0.407 e. The molecule has 9 heteroatoms. The van der Waals surface area contributed by atoms with E-state index in [1.54, 1.807) is 27.7 Å². The third-order valence-corrected chi connectivity index (χ3v) is 3.50. The van der Waals surface area contributed by atoms with Gasteiger partial charge in [0, 0.05) is 11.9 Å². The molecule has 140 valence electrons. The van der Waals surface area contributed by atoms with Crippen molar-refractivity contribution in [2.45, 2.75) is 39.3 Å². The summed E-state index contributed by atoms with van der Waals surface area (Å²) in [4.78, 5) is 38.6. The van der Waals surface area contributed by atoms with Gasteiger partial charge in [-0.15, -0.1) is 0 Å². The number of aromatic carboxylic acids is 2. The van der Waals surface area contributed by atoms with Gasteiger partial charge in [-0.05, 0) is 45.9 Å². The maximum Gasteiger partial charge on any atom is 0.407 e. The molecule has 0 fully saturated rings. The minimum atomic E-state index is -1.21. The molecule has 1 amide bonds. The molecule has 0 radical (unpaired) electrons. The second-order valence-electron chi connectivity index (χ2n) is 6.85. The Kier molecular flexibility index (Phi) is 5.20. The highest BCUT2D eigenvalue weighted by molar-refractivity contribution is 5.95. The van der Waals surface area contributed by atoms with E-state index < -0.39 is 29.7 Å². The molecular weight excluding hydrogens is 342 g/mol. The average Bonchev–Trinajstić information content (AvgIpc) is 2.89. The Balaban J connectivity index is 2.34. The van der Waals surface area contributed by atoms with Crippen molar-refractivity contribution in [2.75, 3.05) is 6.54 Å². The third kappa shape index (κ3) is 4.29. The number of pyridine rings is 1. The number of amides is 1. The van der Waals surface area contributed by atoms with Crippen LogP contribution in [-0.4, -0.2) is 49.9 Å². The summed E-state index contributed by atoms with van der Waals surface area (Å²) < 4.78 is 6.54. The third-order valence-electron chi connectivity index (χ3n) is 3.50. The number of ether oxygens (including phenoxy) is 1. The predicted molar refractivity (Wildman–Crippen MR) is 92.6 cm³/mol. The van der Waals surface area contributed by atoms with Crippen LogP contribution in [0, 0.1) is 0 Å². The van der Waals surface area contributed by atoms with Crippen molar-refractivity contribution in [1.29, 1.82) is 0 Å². The molecule has 0 aliphatic rings. The van der Waals surface area contributed by atoms with E-state index in [0.717, 1.165) is 0 Å². The molecule has 9 nitrogen and oxygen atoms in total. The molecule has 3 N–H and O–H groups in total. The van der Waals surface area contributed by atoms with Gasteiger partial charge in [0.1, 0.15) is 16.9 Å². The molecule has 0 saturated carbocycles. The number of fused-ring (bicyclic) bond motifs is 1. The molecule has 0 aliphatic carbocycles. The first-order valence-corrected chi connectivity index (χ1v) is 7.95. The number of aromatic nitrogens is 2. The number of nitrogens with one attached hydrogen (secondary N) is 1. The maximum atomic E-state index is 11.8. The van der Waals surface area contributed by atoms with Crippen molar-refractivity contribution in [2.24, 2.45) is 0 Å². The standard InChI is InChI=1S/C17H21N3O6/c1-9(8-18-16(25)26-17(2,3)4)20-12(15(23)24)7-10-5-6-11(14(21)22)19-13(10)20/h5-7,9H,8H2,1-4H3,(H,18,25)(H,21,22)(H,23,24)/t9-/m0/s1. The molecule has 0 bridgehead atoms. The number of carboxylic acids is 2. The van der Waals surface area contributed by atoms with Gasteiger partial charge in [0.15, 0.2) is 5.69 Å². The summed E-state index contributed by atoms with van der Waals surface area (Å²) in [6, 6.07) is 3.73. The number of nitrogens with zero attached hydrogens (tertiary/aromatic N) is 2. The SMILES string of the molecule is C[C@@H](CNC(=O)OC(C)(C)C)n1c(C(=O)O)cc2ccc(C(=O)O)nc21. The number of carbonyl (C=O) groups is 3. The van der Waals surface area contributed by atoms with Crippen LogP contribution in [0.1, 0.15) is 54.7 Å². The highest BCUT2D eigenvalue weighted by atomic mass is 16.6. The lowest BCUT2D eigenvalue weighted by Gasteiger charge is -2.22. The van der Waals surface area contributed by atoms with Crippen LogP contribution in [0.5, 0.6) is 0 Å². The molecule has 0 spiro atoms. The molecular formula is C17H21N3O6. The molecule has 0 unspecified atom stereocenters. The van der Waals surface area contributed by atoms with Crippen molar-refractivity contribution < 1.29 is 29.3 Å². The van der Waals surface area contributed by atoms with E-state index in [1.807, 2.05) is 0 Å². The quantitative estimate of drug-likeness (QED) is 0.744. The molecule has 0 aromatic carbocycles. The van der Waals surface area contributed by atoms with Crippen LogP contribution in [-0.2, 0) is 4.74 Å². The van der Waals surface area contributed by atoms with Crippen LogP contribution in [0.4, 0.5) is 4.79 Å². The average molecular weight is 363 g/mol. The fraction of sp³-hybridized carbons (Fsp3) is 0.412. The van der Waals surface area contributed by atoms with Gasteiger partial charge in [-0.3, -0.25) is 0 Å². The lowest BCUT2D eigenvalue weighted by Crippen LogP contribution is -2.35. The predicted octanol–water partition coefficient (Wildman–Crippen LogP) is 2.52. The summed E-state index contributed by atoms with van der Waals surface area (Å²) in [5.41, 5.74) is -0.673. The Morgan fingerprint density at radius 2 is 1.88 bits per heavy atom. The molecule has 2 heterocycles. The first-order valence-electron chi connectivity index (χ1n) is 7.95. The Labute approximate surface area is 149 Å². The van der Waals surface area contributed by atoms with E-state index in [0.29, 0.717) is 5.39 Å². The zero-order valence-corrected chi connectivity index (χ0v) is 14.9. The first kappa shape index (κ1) is 19.2. The molecule has 26 heavy (non-hydrogen) atoms. The largest absolute Gasteiger partial charge is 0.477 e. The lowest BCUT2D eigenvalue weighted by atomic mass is 10.2. The molecule has 2 rings (SSSR count). The summed E-state index contributed by atoms with van der Waals surface area (Å²) in [6.45, 7) is 6.97. The highest BCUT2D eigenvalue weighted by Crippen LogP contribution is 2.23. The normalized spacial score (nSPS) is 12.6. The van der Waals surface area contributed by atoms with Crippen molar-refractivity contribution in [3.8, 4) is 0 Å². The number of hydrogen-bond donors (Lipinski definition) is 3. The summed E-state index contributed by atoms with van der Waals surface area (Å²) >= 11 is 0. The van der Waals surface area contributed by atoms with E-state index in [9.17, 15) is 19.5 Å². The van der Waals surface area contributed by atoms with E-state index in [4.69, 9.17) is 9.84 Å². The van der Waals surface area contributed by atoms with E-state index in [-0.39, 0.29) is 23.6 Å². The first-order chi connectivity index (χ1) is 12.0. The van der Waals surface area contributed by atoms with E-state index in [1.165, 1.54) is 22.8 Å². The van der Waals surface area contributed by atoms with Gasteiger partial charge in [0.2, 0.25) is 0 Å². The molecule has 2 aromatic heterocycles.